The summed E-state index contributed by atoms with van der Waals surface area (Å²) in [5, 5.41) is 14.0. The first-order valence-corrected chi connectivity index (χ1v) is 6.97. The van der Waals surface area contributed by atoms with Gasteiger partial charge in [0.25, 0.3) is 0 Å². The van der Waals surface area contributed by atoms with Gasteiger partial charge in [0.05, 0.1) is 18.3 Å². The predicted octanol–water partition coefficient (Wildman–Crippen LogP) is 0.694. The lowest BCUT2D eigenvalue weighted by molar-refractivity contribution is -0.00573. The normalized spacial score (nSPS) is 16.4. The highest BCUT2D eigenvalue weighted by Gasteiger charge is 2.26. The molecule has 16 heavy (non-hydrogen) atoms. The van der Waals surface area contributed by atoms with Crippen LogP contribution in [0.1, 0.15) is 20.8 Å². The molecule has 1 rings (SSSR count). The lowest BCUT2D eigenvalue weighted by Gasteiger charge is -2.27. The van der Waals surface area contributed by atoms with Crippen molar-refractivity contribution in [2.75, 3.05) is 6.26 Å². The Balaban J connectivity index is 2.89. The summed E-state index contributed by atoms with van der Waals surface area (Å²) in [5.41, 5.74) is -0.902. The molecule has 0 fully saturated rings. The average molecular weight is 246 g/mol. The van der Waals surface area contributed by atoms with Crippen molar-refractivity contribution >= 4 is 9.84 Å². The zero-order chi connectivity index (χ0) is 12.6. The minimum absolute atomic E-state index is 0.0679. The molecule has 92 valence electrons. The Morgan fingerprint density at radius 3 is 2.50 bits per heavy atom. The van der Waals surface area contributed by atoms with E-state index in [0.717, 1.165) is 6.26 Å². The molecule has 1 atom stereocenters. The van der Waals surface area contributed by atoms with Crippen molar-refractivity contribution in [2.24, 2.45) is 5.92 Å². The van der Waals surface area contributed by atoms with Crippen molar-refractivity contribution in [3.8, 4) is 0 Å². The highest BCUT2D eigenvalue weighted by Crippen LogP contribution is 2.18. The van der Waals surface area contributed by atoms with Crippen LogP contribution in [0.25, 0.3) is 0 Å². The zero-order valence-electron chi connectivity index (χ0n) is 10.0. The fourth-order valence-corrected chi connectivity index (χ4v) is 1.68. The van der Waals surface area contributed by atoms with Crippen LogP contribution >= 0.6 is 0 Å². The van der Waals surface area contributed by atoms with Crippen LogP contribution in [0.4, 0.5) is 0 Å². The van der Waals surface area contributed by atoms with Gasteiger partial charge in [-0.1, -0.05) is 13.8 Å². The summed E-state index contributed by atoms with van der Waals surface area (Å²) < 4.78 is 23.9. The van der Waals surface area contributed by atoms with E-state index in [1.54, 1.807) is 6.92 Å². The van der Waals surface area contributed by atoms with Gasteiger partial charge in [0, 0.05) is 12.5 Å². The van der Waals surface area contributed by atoms with Crippen molar-refractivity contribution < 1.29 is 13.5 Å². The molecular formula is C10H18N2O3S. The second-order valence-electron chi connectivity index (χ2n) is 4.66. The molecule has 1 aromatic heterocycles. The van der Waals surface area contributed by atoms with Gasteiger partial charge in [-0.15, -0.1) is 0 Å². The first-order valence-electron chi connectivity index (χ1n) is 5.08. The SMILES string of the molecule is CC(C)C(C)(O)Cn1cc(S(C)(=O)=O)cn1. The summed E-state index contributed by atoms with van der Waals surface area (Å²) in [6, 6.07) is 0. The molecule has 1 heterocycles. The van der Waals surface area contributed by atoms with Gasteiger partial charge in [-0.3, -0.25) is 4.68 Å². The van der Waals surface area contributed by atoms with E-state index in [1.807, 2.05) is 13.8 Å². The number of aliphatic hydroxyl groups is 1. The van der Waals surface area contributed by atoms with Crippen LogP contribution in [-0.2, 0) is 16.4 Å². The number of hydrogen-bond acceptors (Lipinski definition) is 4. The second-order valence-corrected chi connectivity index (χ2v) is 6.67. The average Bonchev–Trinajstić information content (AvgIpc) is 2.50. The summed E-state index contributed by atoms with van der Waals surface area (Å²) in [6.07, 6.45) is 3.87. The fourth-order valence-electron chi connectivity index (χ4n) is 1.13. The van der Waals surface area contributed by atoms with Crippen molar-refractivity contribution in [3.63, 3.8) is 0 Å². The zero-order valence-corrected chi connectivity index (χ0v) is 10.8. The van der Waals surface area contributed by atoms with Gasteiger partial charge < -0.3 is 5.11 Å². The van der Waals surface area contributed by atoms with Crippen LogP contribution in [0.2, 0.25) is 0 Å². The van der Waals surface area contributed by atoms with Crippen LogP contribution in [0.3, 0.4) is 0 Å². The Morgan fingerprint density at radius 2 is 2.12 bits per heavy atom. The van der Waals surface area contributed by atoms with Gasteiger partial charge in [0.1, 0.15) is 4.90 Å². The number of rotatable bonds is 4. The van der Waals surface area contributed by atoms with E-state index in [9.17, 15) is 13.5 Å². The van der Waals surface area contributed by atoms with Gasteiger partial charge in [-0.2, -0.15) is 5.10 Å². The Labute approximate surface area is 96.0 Å². The van der Waals surface area contributed by atoms with Crippen LogP contribution in [0.5, 0.6) is 0 Å². The van der Waals surface area contributed by atoms with Crippen LogP contribution in [-0.4, -0.2) is 35.2 Å². The molecule has 1 aromatic rings. The quantitative estimate of drug-likeness (QED) is 0.848. The molecule has 0 saturated carbocycles. The van der Waals surface area contributed by atoms with Gasteiger partial charge in [0.2, 0.25) is 0 Å². The molecule has 0 aliphatic carbocycles. The van der Waals surface area contributed by atoms with E-state index in [2.05, 4.69) is 5.10 Å². The highest BCUT2D eigenvalue weighted by molar-refractivity contribution is 7.90. The molecule has 0 aliphatic heterocycles. The molecule has 1 unspecified atom stereocenters. The topological polar surface area (TPSA) is 72.2 Å². The monoisotopic (exact) mass is 246 g/mol. The van der Waals surface area contributed by atoms with E-state index in [-0.39, 0.29) is 17.4 Å². The van der Waals surface area contributed by atoms with Crippen LogP contribution < -0.4 is 0 Å². The third kappa shape index (κ3) is 3.05. The smallest absolute Gasteiger partial charge is 0.178 e. The van der Waals surface area contributed by atoms with E-state index >= 15 is 0 Å². The molecule has 0 radical (unpaired) electrons. The van der Waals surface area contributed by atoms with Gasteiger partial charge in [-0.05, 0) is 12.8 Å². The number of nitrogens with zero attached hydrogens (tertiary/aromatic N) is 2. The minimum Gasteiger partial charge on any atom is -0.388 e. The van der Waals surface area contributed by atoms with Crippen molar-refractivity contribution in [2.45, 2.75) is 37.8 Å². The Bertz CT molecular complexity index is 460. The molecule has 1 N–H and O–H groups in total. The largest absolute Gasteiger partial charge is 0.388 e. The summed E-state index contributed by atoms with van der Waals surface area (Å²) in [7, 11) is -3.22. The fraction of sp³-hybridized carbons (Fsp3) is 0.700. The number of aromatic nitrogens is 2. The maximum Gasteiger partial charge on any atom is 0.178 e. The van der Waals surface area contributed by atoms with E-state index < -0.39 is 15.4 Å². The lowest BCUT2D eigenvalue weighted by atomic mass is 9.93. The molecule has 5 nitrogen and oxygen atoms in total. The summed E-state index contributed by atoms with van der Waals surface area (Å²) in [4.78, 5) is 0.173. The predicted molar refractivity (Wildman–Crippen MR) is 60.8 cm³/mol. The molecule has 0 amide bonds. The molecular weight excluding hydrogens is 228 g/mol. The molecule has 0 bridgehead atoms. The summed E-state index contributed by atoms with van der Waals surface area (Å²) in [6.45, 7) is 5.79. The number of hydrogen-bond donors (Lipinski definition) is 1. The highest BCUT2D eigenvalue weighted by atomic mass is 32.2. The van der Waals surface area contributed by atoms with Crippen LogP contribution in [0, 0.1) is 5.92 Å². The molecule has 0 spiro atoms. The second kappa shape index (κ2) is 4.18. The number of sulfone groups is 1. The third-order valence-corrected chi connectivity index (χ3v) is 3.83. The van der Waals surface area contributed by atoms with E-state index in [4.69, 9.17) is 0 Å². The summed E-state index contributed by atoms with van der Waals surface area (Å²) in [5.74, 6) is 0.0679. The maximum absolute atomic E-state index is 11.2. The Morgan fingerprint density at radius 1 is 1.56 bits per heavy atom. The Hall–Kier alpha value is -0.880. The van der Waals surface area contributed by atoms with Gasteiger partial charge in [0.15, 0.2) is 9.84 Å². The molecule has 0 aromatic carbocycles. The van der Waals surface area contributed by atoms with Gasteiger partial charge in [-0.25, -0.2) is 8.42 Å². The van der Waals surface area contributed by atoms with E-state index in [0.29, 0.717) is 0 Å². The molecule has 0 aliphatic rings. The van der Waals surface area contributed by atoms with Crippen molar-refractivity contribution in [1.29, 1.82) is 0 Å². The molecule has 6 heteroatoms. The van der Waals surface area contributed by atoms with Crippen molar-refractivity contribution in [1.82, 2.24) is 9.78 Å². The third-order valence-electron chi connectivity index (χ3n) is 2.76. The minimum atomic E-state index is -3.22. The van der Waals surface area contributed by atoms with E-state index in [1.165, 1.54) is 17.1 Å². The first-order chi connectivity index (χ1) is 7.13. The standard InChI is InChI=1S/C10H18N2O3S/c1-8(2)10(3,13)7-12-6-9(5-11-12)16(4,14)15/h5-6,8,13H,7H2,1-4H3. The Kier molecular flexibility index (Phi) is 3.44. The first kappa shape index (κ1) is 13.2. The molecule has 0 saturated heterocycles. The lowest BCUT2D eigenvalue weighted by Crippen LogP contribution is -2.36. The maximum atomic E-state index is 11.2. The summed E-state index contributed by atoms with van der Waals surface area (Å²) >= 11 is 0. The van der Waals surface area contributed by atoms with Crippen LogP contribution in [0.15, 0.2) is 17.3 Å². The van der Waals surface area contributed by atoms with Crippen molar-refractivity contribution in [3.05, 3.63) is 12.4 Å². The van der Waals surface area contributed by atoms with Gasteiger partial charge >= 0.3 is 0 Å².